The molecule has 1 atom stereocenters. The van der Waals surface area contributed by atoms with Crippen molar-refractivity contribution in [2.24, 2.45) is 0 Å². The smallest absolute Gasteiger partial charge is 0.241 e. The minimum Gasteiger partial charge on any atom is -0.361 e. The lowest BCUT2D eigenvalue weighted by atomic mass is 10.2. The van der Waals surface area contributed by atoms with Crippen LogP contribution in [0.15, 0.2) is 53.7 Å². The molecule has 0 saturated carbocycles. The van der Waals surface area contributed by atoms with E-state index in [4.69, 9.17) is 0 Å². The summed E-state index contributed by atoms with van der Waals surface area (Å²) in [7, 11) is -4.04. The molecule has 3 N–H and O–H groups in total. The first-order chi connectivity index (χ1) is 15.9. The monoisotopic (exact) mass is 468 g/mol. The maximum absolute atomic E-state index is 13.4. The number of nitriles is 1. The van der Waals surface area contributed by atoms with Crippen LogP contribution < -0.4 is 10.0 Å². The highest BCUT2D eigenvalue weighted by Crippen LogP contribution is 2.22. The Morgan fingerprint density at radius 2 is 2.06 bits per heavy atom. The Kier molecular flexibility index (Phi) is 6.48. The van der Waals surface area contributed by atoms with Crippen LogP contribution in [0.3, 0.4) is 0 Å². The number of benzene rings is 1. The van der Waals surface area contributed by atoms with Crippen molar-refractivity contribution < 1.29 is 18.0 Å². The standard InChI is InChI=1S/C22H24N6O4S/c23-15-16-3-2-11-27(16)12-7-19(22(30)28-13-8-21(29)25-10-14-28)26-33(31,32)20-5-1-4-18-17(20)6-9-24-18/h1-6,9,11,19,24,26H,7-8,10,12-14H2,(H,25,29). The van der Waals surface area contributed by atoms with Gasteiger partial charge >= 0.3 is 0 Å². The number of nitrogens with zero attached hydrogens (tertiary/aromatic N) is 3. The van der Waals surface area contributed by atoms with Crippen molar-refractivity contribution in [1.82, 2.24) is 24.5 Å². The Morgan fingerprint density at radius 3 is 2.88 bits per heavy atom. The van der Waals surface area contributed by atoms with Crippen LogP contribution in [-0.4, -0.2) is 60.4 Å². The third-order valence-corrected chi connectivity index (χ3v) is 7.20. The molecule has 10 nitrogen and oxygen atoms in total. The summed E-state index contributed by atoms with van der Waals surface area (Å²) in [5, 5.41) is 12.5. The second-order valence-corrected chi connectivity index (χ2v) is 9.46. The number of aromatic nitrogens is 2. The first-order valence-electron chi connectivity index (χ1n) is 10.6. The summed E-state index contributed by atoms with van der Waals surface area (Å²) in [6.07, 6.45) is 3.67. The molecular weight excluding hydrogens is 444 g/mol. The lowest BCUT2D eigenvalue weighted by Crippen LogP contribution is -2.49. The molecule has 33 heavy (non-hydrogen) atoms. The van der Waals surface area contributed by atoms with Crippen LogP contribution in [0.4, 0.5) is 0 Å². The number of amides is 2. The van der Waals surface area contributed by atoms with E-state index in [1.165, 1.54) is 11.0 Å². The largest absolute Gasteiger partial charge is 0.361 e. The van der Waals surface area contributed by atoms with Crippen LogP contribution in [0.5, 0.6) is 0 Å². The zero-order chi connectivity index (χ0) is 23.4. The first-order valence-corrected chi connectivity index (χ1v) is 12.1. The number of sulfonamides is 1. The third-order valence-electron chi connectivity index (χ3n) is 5.67. The number of aryl methyl sites for hydroxylation is 1. The molecular formula is C22H24N6O4S. The number of fused-ring (bicyclic) bond motifs is 1. The number of aromatic amines is 1. The average Bonchev–Trinajstić information content (AvgIpc) is 3.41. The highest BCUT2D eigenvalue weighted by molar-refractivity contribution is 7.89. The predicted octanol–water partition coefficient (Wildman–Crippen LogP) is 0.927. The second-order valence-electron chi connectivity index (χ2n) is 7.78. The molecule has 4 rings (SSSR count). The van der Waals surface area contributed by atoms with Gasteiger partial charge in [-0.05, 0) is 36.8 Å². The molecule has 2 amide bonds. The third kappa shape index (κ3) is 4.92. The van der Waals surface area contributed by atoms with Crippen molar-refractivity contribution in [3.8, 4) is 6.07 Å². The fourth-order valence-electron chi connectivity index (χ4n) is 3.96. The molecule has 2 aromatic heterocycles. The van der Waals surface area contributed by atoms with Gasteiger partial charge < -0.3 is 19.8 Å². The minimum atomic E-state index is -4.04. The highest BCUT2D eigenvalue weighted by atomic mass is 32.2. The van der Waals surface area contributed by atoms with E-state index in [1.807, 2.05) is 0 Å². The van der Waals surface area contributed by atoms with Crippen molar-refractivity contribution in [1.29, 1.82) is 5.26 Å². The van der Waals surface area contributed by atoms with Gasteiger partial charge in [0, 0.05) is 55.9 Å². The van der Waals surface area contributed by atoms with Crippen molar-refractivity contribution in [3.05, 3.63) is 54.5 Å². The zero-order valence-corrected chi connectivity index (χ0v) is 18.6. The summed E-state index contributed by atoms with van der Waals surface area (Å²) in [6, 6.07) is 11.0. The van der Waals surface area contributed by atoms with Gasteiger partial charge in [0.05, 0.1) is 4.90 Å². The Morgan fingerprint density at radius 1 is 1.21 bits per heavy atom. The molecule has 0 radical (unpaired) electrons. The summed E-state index contributed by atoms with van der Waals surface area (Å²) in [5.41, 5.74) is 1.09. The van der Waals surface area contributed by atoms with Crippen molar-refractivity contribution in [3.63, 3.8) is 0 Å². The number of nitrogens with one attached hydrogen (secondary N) is 3. The number of carbonyl (C=O) groups is 2. The van der Waals surface area contributed by atoms with Crippen LogP contribution in [-0.2, 0) is 26.2 Å². The van der Waals surface area contributed by atoms with E-state index in [1.54, 1.807) is 47.3 Å². The maximum Gasteiger partial charge on any atom is 0.241 e. The first kappa shape index (κ1) is 22.6. The van der Waals surface area contributed by atoms with E-state index in [2.05, 4.69) is 21.1 Å². The summed E-state index contributed by atoms with van der Waals surface area (Å²) in [4.78, 5) is 29.6. The van der Waals surface area contributed by atoms with E-state index < -0.39 is 22.0 Å². The highest BCUT2D eigenvalue weighted by Gasteiger charge is 2.31. The maximum atomic E-state index is 13.4. The quantitative estimate of drug-likeness (QED) is 0.473. The van der Waals surface area contributed by atoms with Gasteiger partial charge in [-0.15, -0.1) is 0 Å². The number of carbonyl (C=O) groups excluding carboxylic acids is 2. The lowest BCUT2D eigenvalue weighted by Gasteiger charge is -2.26. The van der Waals surface area contributed by atoms with Crippen molar-refractivity contribution in [2.75, 3.05) is 19.6 Å². The zero-order valence-electron chi connectivity index (χ0n) is 17.8. The minimum absolute atomic E-state index is 0.0745. The van der Waals surface area contributed by atoms with Crippen LogP contribution in [0.2, 0.25) is 0 Å². The van der Waals surface area contributed by atoms with Gasteiger partial charge in [0.1, 0.15) is 17.8 Å². The van der Waals surface area contributed by atoms with Gasteiger partial charge in [-0.3, -0.25) is 9.59 Å². The molecule has 1 aliphatic rings. The topological polar surface area (TPSA) is 140 Å². The summed E-state index contributed by atoms with van der Waals surface area (Å²) >= 11 is 0. The van der Waals surface area contributed by atoms with E-state index in [-0.39, 0.29) is 36.7 Å². The van der Waals surface area contributed by atoms with Crippen molar-refractivity contribution >= 4 is 32.7 Å². The van der Waals surface area contributed by atoms with E-state index in [9.17, 15) is 23.3 Å². The summed E-state index contributed by atoms with van der Waals surface area (Å²) < 4.78 is 30.9. The number of rotatable bonds is 7. The lowest BCUT2D eigenvalue weighted by molar-refractivity contribution is -0.133. The molecule has 3 aromatic rings. The van der Waals surface area contributed by atoms with Gasteiger partial charge in [0.25, 0.3) is 0 Å². The molecule has 11 heteroatoms. The molecule has 0 spiro atoms. The van der Waals surface area contributed by atoms with E-state index in [0.29, 0.717) is 29.7 Å². The Balaban J connectivity index is 1.61. The van der Waals surface area contributed by atoms with Gasteiger partial charge in [-0.2, -0.15) is 9.98 Å². The van der Waals surface area contributed by atoms with Crippen LogP contribution in [0.1, 0.15) is 18.5 Å². The van der Waals surface area contributed by atoms with E-state index in [0.717, 1.165) is 0 Å². The fourth-order valence-corrected chi connectivity index (χ4v) is 5.41. The molecule has 3 heterocycles. The summed E-state index contributed by atoms with van der Waals surface area (Å²) in [5.74, 6) is -0.547. The van der Waals surface area contributed by atoms with Gasteiger partial charge in [0.2, 0.25) is 21.8 Å². The van der Waals surface area contributed by atoms with Gasteiger partial charge in [0.15, 0.2) is 0 Å². The van der Waals surface area contributed by atoms with Crippen molar-refractivity contribution in [2.45, 2.75) is 30.3 Å². The molecule has 1 aromatic carbocycles. The van der Waals surface area contributed by atoms with Gasteiger partial charge in [-0.1, -0.05) is 6.07 Å². The molecule has 0 bridgehead atoms. The Labute approximate surface area is 191 Å². The number of H-pyrrole nitrogens is 1. The average molecular weight is 469 g/mol. The number of hydrogen-bond donors (Lipinski definition) is 3. The molecule has 1 fully saturated rings. The summed E-state index contributed by atoms with van der Waals surface area (Å²) in [6.45, 7) is 1.09. The van der Waals surface area contributed by atoms with E-state index >= 15 is 0 Å². The fraction of sp³-hybridized carbons (Fsp3) is 0.318. The molecule has 1 aliphatic heterocycles. The molecule has 0 aliphatic carbocycles. The van der Waals surface area contributed by atoms with Crippen LogP contribution in [0, 0.1) is 11.3 Å². The Hall–Kier alpha value is -3.62. The Bertz CT molecular complexity index is 1320. The molecule has 1 saturated heterocycles. The molecule has 1 unspecified atom stereocenters. The number of hydrogen-bond acceptors (Lipinski definition) is 5. The normalized spacial score (nSPS) is 15.6. The predicted molar refractivity (Wildman–Crippen MR) is 120 cm³/mol. The SMILES string of the molecule is N#Cc1cccn1CCC(NS(=O)(=O)c1cccc2[nH]ccc12)C(=O)N1CCNC(=O)CC1. The second kappa shape index (κ2) is 9.48. The molecule has 172 valence electrons. The van der Waals surface area contributed by atoms with Gasteiger partial charge in [-0.25, -0.2) is 8.42 Å². The van der Waals surface area contributed by atoms with Crippen LogP contribution >= 0.6 is 0 Å². The van der Waals surface area contributed by atoms with Crippen LogP contribution in [0.25, 0.3) is 10.9 Å².